The zero-order valence-corrected chi connectivity index (χ0v) is 6.04. The Morgan fingerprint density at radius 1 is 1.38 bits per heavy atom. The van der Waals surface area contributed by atoms with Crippen LogP contribution < -0.4 is 0 Å². The van der Waals surface area contributed by atoms with Crippen molar-refractivity contribution >= 4 is 21.3 Å². The van der Waals surface area contributed by atoms with Crippen molar-refractivity contribution in [2.45, 2.75) is 12.8 Å². The third kappa shape index (κ3) is 1.52. The van der Waals surface area contributed by atoms with E-state index in [9.17, 15) is 4.55 Å². The predicted octanol–water partition coefficient (Wildman–Crippen LogP) is 0.900. The van der Waals surface area contributed by atoms with Crippen LogP contribution in [0.2, 0.25) is 0 Å². The van der Waals surface area contributed by atoms with E-state index in [2.05, 4.69) is 0 Å². The van der Waals surface area contributed by atoms with Crippen molar-refractivity contribution in [3.63, 3.8) is 0 Å². The summed E-state index contributed by atoms with van der Waals surface area (Å²) >= 11 is 0. The zero-order chi connectivity index (χ0) is 5.98. The molecule has 1 atom stereocenters. The Morgan fingerprint density at radius 2 is 1.88 bits per heavy atom. The van der Waals surface area contributed by atoms with Gasteiger partial charge < -0.3 is 4.55 Å². The van der Waals surface area contributed by atoms with Crippen LogP contribution in [0.3, 0.4) is 0 Å². The summed E-state index contributed by atoms with van der Waals surface area (Å²) in [6, 6.07) is 0. The van der Waals surface area contributed by atoms with Crippen molar-refractivity contribution in [2.75, 3.05) is 13.1 Å². The minimum Gasteiger partial charge on any atom is -0.580 e. The molecule has 0 aromatic rings. The second kappa shape index (κ2) is 2.92. The largest absolute Gasteiger partial charge is 0.580 e. The van der Waals surface area contributed by atoms with Crippen LogP contribution in [0.5, 0.6) is 0 Å². The first-order valence-corrected chi connectivity index (χ1v) is 4.57. The molecule has 1 heterocycles. The monoisotopic (exact) mass is 153 g/mol. The standard InChI is InChI=1S/C4H8ClNOS/c5-8(7)6-3-1-2-4-6/h1-4H2. The smallest absolute Gasteiger partial charge is 0.200 e. The molecule has 0 spiro atoms. The van der Waals surface area contributed by atoms with Gasteiger partial charge in [0, 0.05) is 13.1 Å². The highest BCUT2D eigenvalue weighted by Gasteiger charge is 2.21. The van der Waals surface area contributed by atoms with Gasteiger partial charge in [-0.25, -0.2) is 0 Å². The molecule has 48 valence electrons. The average molecular weight is 154 g/mol. The molecule has 1 fully saturated rings. The molecule has 0 aromatic heterocycles. The number of hydrogen-bond acceptors (Lipinski definition) is 2. The fourth-order valence-corrected chi connectivity index (χ4v) is 1.79. The van der Waals surface area contributed by atoms with Crippen LogP contribution in [-0.4, -0.2) is 21.9 Å². The molecule has 1 rings (SSSR count). The lowest BCUT2D eigenvalue weighted by Gasteiger charge is -2.09. The first kappa shape index (κ1) is 6.68. The van der Waals surface area contributed by atoms with Crippen molar-refractivity contribution in [3.05, 3.63) is 0 Å². The third-order valence-electron chi connectivity index (χ3n) is 1.27. The van der Waals surface area contributed by atoms with Crippen LogP contribution in [-0.2, 0) is 10.6 Å². The normalized spacial score (nSPS) is 26.2. The van der Waals surface area contributed by atoms with Gasteiger partial charge in [-0.15, -0.1) is 4.31 Å². The summed E-state index contributed by atoms with van der Waals surface area (Å²) in [6.07, 6.45) is 2.27. The molecule has 0 N–H and O–H groups in total. The second-order valence-corrected chi connectivity index (χ2v) is 3.56. The molecule has 0 aliphatic carbocycles. The van der Waals surface area contributed by atoms with E-state index in [0.29, 0.717) is 0 Å². The van der Waals surface area contributed by atoms with Crippen LogP contribution in [0.4, 0.5) is 0 Å². The topological polar surface area (TPSA) is 26.3 Å². The summed E-state index contributed by atoms with van der Waals surface area (Å²) in [6.45, 7) is 1.80. The van der Waals surface area contributed by atoms with Gasteiger partial charge in [-0.3, -0.25) is 0 Å². The summed E-state index contributed by atoms with van der Waals surface area (Å²) in [5, 5.41) is 0. The van der Waals surface area contributed by atoms with E-state index in [-0.39, 0.29) is 0 Å². The van der Waals surface area contributed by atoms with Gasteiger partial charge in [-0.1, -0.05) is 0 Å². The minimum absolute atomic E-state index is 0.899. The Hall–Kier alpha value is 0.560. The molecular formula is C4H8ClNOS. The van der Waals surface area contributed by atoms with E-state index in [1.165, 1.54) is 0 Å². The van der Waals surface area contributed by atoms with E-state index in [0.717, 1.165) is 25.9 Å². The van der Waals surface area contributed by atoms with Gasteiger partial charge in [-0.2, -0.15) is 0 Å². The molecule has 1 aliphatic rings. The molecule has 1 unspecified atom stereocenters. The van der Waals surface area contributed by atoms with E-state index < -0.39 is 10.6 Å². The highest BCUT2D eigenvalue weighted by Crippen LogP contribution is 2.14. The van der Waals surface area contributed by atoms with Crippen molar-refractivity contribution in [3.8, 4) is 0 Å². The maximum atomic E-state index is 10.4. The van der Waals surface area contributed by atoms with Crippen LogP contribution in [0, 0.1) is 0 Å². The Labute approximate surface area is 56.6 Å². The number of nitrogens with zero attached hydrogens (tertiary/aromatic N) is 1. The van der Waals surface area contributed by atoms with Crippen molar-refractivity contribution in [2.24, 2.45) is 0 Å². The Kier molecular flexibility index (Phi) is 2.43. The first-order chi connectivity index (χ1) is 3.80. The molecule has 0 aromatic carbocycles. The summed E-state index contributed by atoms with van der Waals surface area (Å²) in [5.41, 5.74) is 0. The molecule has 1 saturated heterocycles. The summed E-state index contributed by atoms with van der Waals surface area (Å²) in [7, 11) is 4.05. The van der Waals surface area contributed by atoms with Crippen molar-refractivity contribution < 1.29 is 4.55 Å². The fourth-order valence-electron chi connectivity index (χ4n) is 0.832. The minimum atomic E-state index is -1.24. The van der Waals surface area contributed by atoms with Gasteiger partial charge in [0.25, 0.3) is 0 Å². The molecule has 1 aliphatic heterocycles. The SMILES string of the molecule is [O-][S+](Cl)N1CCCC1. The van der Waals surface area contributed by atoms with Crippen LogP contribution in [0.15, 0.2) is 0 Å². The lowest BCUT2D eigenvalue weighted by atomic mass is 10.4. The van der Waals surface area contributed by atoms with Gasteiger partial charge in [0.05, 0.1) is 0 Å². The molecular weight excluding hydrogens is 146 g/mol. The summed E-state index contributed by atoms with van der Waals surface area (Å²) in [4.78, 5) is 0. The number of halogens is 1. The number of hydrogen-bond donors (Lipinski definition) is 0. The fraction of sp³-hybridized carbons (Fsp3) is 1.00. The van der Waals surface area contributed by atoms with E-state index in [1.54, 1.807) is 4.31 Å². The summed E-state index contributed by atoms with van der Waals surface area (Å²) < 4.78 is 12.2. The molecule has 0 amide bonds. The molecule has 8 heavy (non-hydrogen) atoms. The van der Waals surface area contributed by atoms with Crippen molar-refractivity contribution in [1.82, 2.24) is 4.31 Å². The van der Waals surface area contributed by atoms with Gasteiger partial charge in [-0.05, 0) is 12.8 Å². The highest BCUT2D eigenvalue weighted by molar-refractivity contribution is 8.11. The van der Waals surface area contributed by atoms with Crippen LogP contribution in [0.1, 0.15) is 12.8 Å². The third-order valence-corrected chi connectivity index (χ3v) is 2.62. The molecule has 4 heteroatoms. The Balaban J connectivity index is 2.24. The first-order valence-electron chi connectivity index (χ1n) is 2.64. The average Bonchev–Trinajstić information content (AvgIpc) is 2.12. The predicted molar refractivity (Wildman–Crippen MR) is 34.8 cm³/mol. The maximum absolute atomic E-state index is 10.4. The Bertz CT molecular complexity index is 74.4. The molecule has 2 nitrogen and oxygen atoms in total. The summed E-state index contributed by atoms with van der Waals surface area (Å²) in [5.74, 6) is 0. The van der Waals surface area contributed by atoms with Gasteiger partial charge >= 0.3 is 0 Å². The number of rotatable bonds is 1. The van der Waals surface area contributed by atoms with Crippen LogP contribution >= 0.6 is 10.7 Å². The van der Waals surface area contributed by atoms with E-state index >= 15 is 0 Å². The second-order valence-electron chi connectivity index (χ2n) is 1.84. The van der Waals surface area contributed by atoms with Gasteiger partial charge in [0.15, 0.2) is 21.3 Å². The quantitative estimate of drug-likeness (QED) is 0.524. The van der Waals surface area contributed by atoms with Gasteiger partial charge in [0.2, 0.25) is 0 Å². The van der Waals surface area contributed by atoms with Crippen molar-refractivity contribution in [1.29, 1.82) is 0 Å². The molecule has 0 bridgehead atoms. The van der Waals surface area contributed by atoms with Crippen LogP contribution in [0.25, 0.3) is 0 Å². The molecule has 0 radical (unpaired) electrons. The highest BCUT2D eigenvalue weighted by atomic mass is 35.7. The molecule has 0 saturated carbocycles. The van der Waals surface area contributed by atoms with E-state index in [1.807, 2.05) is 0 Å². The van der Waals surface area contributed by atoms with E-state index in [4.69, 9.17) is 10.7 Å². The lowest BCUT2D eigenvalue weighted by molar-refractivity contribution is 0.491. The zero-order valence-electron chi connectivity index (χ0n) is 4.47. The van der Waals surface area contributed by atoms with Gasteiger partial charge in [0.1, 0.15) is 0 Å². The lowest BCUT2D eigenvalue weighted by Crippen LogP contribution is -2.22. The Morgan fingerprint density at radius 3 is 2.12 bits per heavy atom. The maximum Gasteiger partial charge on any atom is 0.200 e.